The minimum atomic E-state index is -4.56. The maximum absolute atomic E-state index is 13.1. The lowest BCUT2D eigenvalue weighted by Gasteiger charge is -2.14. The van der Waals surface area contributed by atoms with Crippen LogP contribution in [0.25, 0.3) is 11.1 Å². The second-order valence-corrected chi connectivity index (χ2v) is 4.48. The van der Waals surface area contributed by atoms with Crippen LogP contribution in [0.15, 0.2) is 41.7 Å². The van der Waals surface area contributed by atoms with Crippen molar-refractivity contribution >= 4 is 17.4 Å². The molecule has 21 heavy (non-hydrogen) atoms. The van der Waals surface area contributed by atoms with E-state index >= 15 is 0 Å². The molecule has 3 N–H and O–H groups in total. The van der Waals surface area contributed by atoms with Gasteiger partial charge in [-0.25, -0.2) is 0 Å². The topological polar surface area (TPSA) is 71.5 Å². The molecule has 0 fully saturated rings. The Bertz CT molecular complexity index is 701. The number of aromatic nitrogens is 1. The van der Waals surface area contributed by atoms with Gasteiger partial charge in [0.15, 0.2) is 5.84 Å². The van der Waals surface area contributed by atoms with Crippen molar-refractivity contribution in [3.63, 3.8) is 0 Å². The number of alkyl halides is 3. The fourth-order valence-electron chi connectivity index (χ4n) is 1.83. The molecule has 110 valence electrons. The van der Waals surface area contributed by atoms with Gasteiger partial charge in [-0.15, -0.1) is 0 Å². The molecule has 1 aromatic heterocycles. The molecule has 2 aromatic rings. The van der Waals surface area contributed by atoms with E-state index in [4.69, 9.17) is 22.5 Å². The summed E-state index contributed by atoms with van der Waals surface area (Å²) < 4.78 is 39.2. The van der Waals surface area contributed by atoms with Crippen LogP contribution in [-0.2, 0) is 6.18 Å². The van der Waals surface area contributed by atoms with Crippen molar-refractivity contribution < 1.29 is 18.4 Å². The Kier molecular flexibility index (Phi) is 4.04. The highest BCUT2D eigenvalue weighted by molar-refractivity contribution is 6.33. The lowest BCUT2D eigenvalue weighted by molar-refractivity contribution is -0.137. The van der Waals surface area contributed by atoms with Crippen molar-refractivity contribution in [1.82, 2.24) is 4.98 Å². The summed E-state index contributed by atoms with van der Waals surface area (Å²) in [7, 11) is 0. The molecule has 4 nitrogen and oxygen atoms in total. The third-order valence-corrected chi connectivity index (χ3v) is 3.05. The van der Waals surface area contributed by atoms with Crippen LogP contribution in [0.3, 0.4) is 0 Å². The van der Waals surface area contributed by atoms with Crippen molar-refractivity contribution in [2.24, 2.45) is 10.9 Å². The summed E-state index contributed by atoms with van der Waals surface area (Å²) in [4.78, 5) is 3.82. The molecule has 1 heterocycles. The lowest BCUT2D eigenvalue weighted by Crippen LogP contribution is -2.15. The van der Waals surface area contributed by atoms with Gasteiger partial charge in [0.2, 0.25) is 0 Å². The average Bonchev–Trinajstić information content (AvgIpc) is 2.45. The van der Waals surface area contributed by atoms with Crippen LogP contribution in [0.2, 0.25) is 5.02 Å². The van der Waals surface area contributed by atoms with E-state index in [9.17, 15) is 13.2 Å². The van der Waals surface area contributed by atoms with Gasteiger partial charge in [0, 0.05) is 16.8 Å². The Morgan fingerprint density at radius 3 is 2.62 bits per heavy atom. The number of pyridine rings is 1. The summed E-state index contributed by atoms with van der Waals surface area (Å²) in [5.74, 6) is -0.308. The van der Waals surface area contributed by atoms with Crippen molar-refractivity contribution in [2.45, 2.75) is 6.18 Å². The number of oxime groups is 1. The van der Waals surface area contributed by atoms with Gasteiger partial charge in [0.25, 0.3) is 0 Å². The van der Waals surface area contributed by atoms with Crippen LogP contribution in [0.4, 0.5) is 13.2 Å². The third-order valence-electron chi connectivity index (χ3n) is 2.74. The van der Waals surface area contributed by atoms with Crippen molar-refractivity contribution in [3.05, 3.63) is 52.8 Å². The van der Waals surface area contributed by atoms with E-state index in [-0.39, 0.29) is 27.7 Å². The van der Waals surface area contributed by atoms with E-state index < -0.39 is 11.7 Å². The maximum atomic E-state index is 13.1. The Morgan fingerprint density at radius 2 is 2.00 bits per heavy atom. The smallest absolute Gasteiger partial charge is 0.409 e. The fourth-order valence-corrected chi connectivity index (χ4v) is 2.11. The Morgan fingerprint density at radius 1 is 1.29 bits per heavy atom. The number of halogens is 4. The van der Waals surface area contributed by atoms with Crippen LogP contribution < -0.4 is 5.73 Å². The molecule has 0 atom stereocenters. The van der Waals surface area contributed by atoms with Gasteiger partial charge in [-0.05, 0) is 29.8 Å². The summed E-state index contributed by atoms with van der Waals surface area (Å²) in [5, 5.41) is 11.3. The summed E-state index contributed by atoms with van der Waals surface area (Å²) in [6, 6.07) is 6.15. The zero-order valence-electron chi connectivity index (χ0n) is 10.4. The van der Waals surface area contributed by atoms with Gasteiger partial charge >= 0.3 is 6.18 Å². The van der Waals surface area contributed by atoms with Crippen LogP contribution in [0.5, 0.6) is 0 Å². The Balaban J connectivity index is 2.68. The molecule has 0 aliphatic heterocycles. The number of hydrogen-bond acceptors (Lipinski definition) is 3. The van der Waals surface area contributed by atoms with Gasteiger partial charge in [0.05, 0.1) is 5.56 Å². The first kappa shape index (κ1) is 15.1. The van der Waals surface area contributed by atoms with Crippen LogP contribution in [-0.4, -0.2) is 16.0 Å². The van der Waals surface area contributed by atoms with E-state index in [0.717, 1.165) is 6.07 Å². The first-order valence-corrected chi connectivity index (χ1v) is 6.02. The van der Waals surface area contributed by atoms with Gasteiger partial charge < -0.3 is 10.9 Å². The molecule has 0 unspecified atom stereocenters. The van der Waals surface area contributed by atoms with Gasteiger partial charge in [-0.1, -0.05) is 22.8 Å². The quantitative estimate of drug-likeness (QED) is 0.385. The van der Waals surface area contributed by atoms with Crippen molar-refractivity contribution in [1.29, 1.82) is 0 Å². The van der Waals surface area contributed by atoms with Gasteiger partial charge in [0.1, 0.15) is 5.69 Å². The minimum Gasteiger partial charge on any atom is -0.409 e. The highest BCUT2D eigenvalue weighted by atomic mass is 35.5. The van der Waals surface area contributed by atoms with Gasteiger partial charge in [-0.2, -0.15) is 13.2 Å². The molecule has 0 saturated carbocycles. The Labute approximate surface area is 122 Å². The molecule has 0 amide bonds. The third kappa shape index (κ3) is 3.08. The minimum absolute atomic E-state index is 0.0445. The molecule has 2 rings (SSSR count). The van der Waals surface area contributed by atoms with Gasteiger partial charge in [-0.3, -0.25) is 4.98 Å². The van der Waals surface area contributed by atoms with Crippen molar-refractivity contribution in [2.75, 3.05) is 0 Å². The average molecular weight is 316 g/mol. The predicted octanol–water partition coefficient (Wildman–Crippen LogP) is 3.52. The number of amidine groups is 1. The van der Waals surface area contributed by atoms with Crippen LogP contribution in [0, 0.1) is 0 Å². The number of rotatable bonds is 2. The Hall–Kier alpha value is -2.28. The SMILES string of the molecule is N/C(=N/O)c1cc(-c2c(Cl)cccc2C(F)(F)F)ccn1. The molecule has 1 aromatic carbocycles. The normalized spacial score (nSPS) is 12.5. The molecule has 0 aliphatic rings. The summed E-state index contributed by atoms with van der Waals surface area (Å²) in [6.45, 7) is 0. The molecule has 0 radical (unpaired) electrons. The lowest BCUT2D eigenvalue weighted by atomic mass is 9.99. The summed E-state index contributed by atoms with van der Waals surface area (Å²) in [5.41, 5.74) is 4.55. The summed E-state index contributed by atoms with van der Waals surface area (Å²) >= 11 is 5.90. The molecule has 0 spiro atoms. The maximum Gasteiger partial charge on any atom is 0.417 e. The van der Waals surface area contributed by atoms with E-state index in [1.165, 1.54) is 30.5 Å². The highest BCUT2D eigenvalue weighted by Gasteiger charge is 2.34. The predicted molar refractivity (Wildman–Crippen MR) is 72.2 cm³/mol. The van der Waals surface area contributed by atoms with E-state index in [1.54, 1.807) is 0 Å². The summed E-state index contributed by atoms with van der Waals surface area (Å²) in [6.07, 6.45) is -3.30. The first-order valence-electron chi connectivity index (χ1n) is 5.64. The number of nitrogens with two attached hydrogens (primary N) is 1. The molecular formula is C13H9ClF3N3O. The zero-order chi connectivity index (χ0) is 15.6. The second kappa shape index (κ2) is 5.61. The van der Waals surface area contributed by atoms with Crippen LogP contribution in [0.1, 0.15) is 11.3 Å². The largest absolute Gasteiger partial charge is 0.417 e. The monoisotopic (exact) mass is 315 g/mol. The second-order valence-electron chi connectivity index (χ2n) is 4.08. The van der Waals surface area contributed by atoms with Crippen molar-refractivity contribution in [3.8, 4) is 11.1 Å². The zero-order valence-corrected chi connectivity index (χ0v) is 11.2. The first-order chi connectivity index (χ1) is 9.84. The molecule has 8 heteroatoms. The highest BCUT2D eigenvalue weighted by Crippen LogP contribution is 2.40. The number of hydrogen-bond donors (Lipinski definition) is 2. The number of benzene rings is 1. The molecular weight excluding hydrogens is 307 g/mol. The van der Waals surface area contributed by atoms with Crippen LogP contribution >= 0.6 is 11.6 Å². The molecule has 0 aliphatic carbocycles. The number of nitrogens with zero attached hydrogens (tertiary/aromatic N) is 2. The molecule has 0 saturated heterocycles. The fraction of sp³-hybridized carbons (Fsp3) is 0.0769. The van der Waals surface area contributed by atoms with E-state index in [0.29, 0.717) is 0 Å². The molecule has 0 bridgehead atoms. The van der Waals surface area contributed by atoms with E-state index in [2.05, 4.69) is 10.1 Å². The standard InChI is InChI=1S/C13H9ClF3N3O/c14-9-3-1-2-8(13(15,16)17)11(9)7-4-5-19-10(6-7)12(18)20-21/h1-6,21H,(H2,18,20). The van der Waals surface area contributed by atoms with E-state index in [1.807, 2.05) is 0 Å².